The van der Waals surface area contributed by atoms with E-state index < -0.39 is 29.2 Å². The van der Waals surface area contributed by atoms with E-state index in [0.717, 1.165) is 0 Å². The molecule has 0 aromatic heterocycles. The molecule has 0 aliphatic carbocycles. The van der Waals surface area contributed by atoms with Crippen LogP contribution in [0.3, 0.4) is 0 Å². The maximum Gasteiger partial charge on any atom is 0.410 e. The van der Waals surface area contributed by atoms with Gasteiger partial charge in [0.2, 0.25) is 0 Å². The maximum atomic E-state index is 12.1. The number of ether oxygens (including phenoxy) is 2. The summed E-state index contributed by atoms with van der Waals surface area (Å²) in [6.45, 7) is 7.70. The van der Waals surface area contributed by atoms with Crippen molar-refractivity contribution in [3.05, 3.63) is 0 Å². The number of hydrogen-bond donors (Lipinski definition) is 1. The van der Waals surface area contributed by atoms with Gasteiger partial charge in [0.1, 0.15) is 11.1 Å². The van der Waals surface area contributed by atoms with Crippen molar-refractivity contribution in [3.8, 4) is 0 Å². The van der Waals surface area contributed by atoms with E-state index in [2.05, 4.69) is 0 Å². The predicted octanol–water partition coefficient (Wildman–Crippen LogP) is 1.28. The van der Waals surface area contributed by atoms with Crippen molar-refractivity contribution in [1.82, 2.24) is 4.90 Å². The standard InChI is InChI=1S/C13H24N2O4/c1-6-9-13(14,10(16)18-5)7-8-15(9)11(17)19-12(2,3)4/h9H,6-8,14H2,1-5H3. The summed E-state index contributed by atoms with van der Waals surface area (Å²) in [6.07, 6.45) is 0.526. The third kappa shape index (κ3) is 3.18. The van der Waals surface area contributed by atoms with Gasteiger partial charge in [-0.3, -0.25) is 0 Å². The quantitative estimate of drug-likeness (QED) is 0.766. The van der Waals surface area contributed by atoms with Crippen molar-refractivity contribution in [2.24, 2.45) is 5.73 Å². The summed E-state index contributed by atoms with van der Waals surface area (Å²) in [6, 6.07) is -0.394. The van der Waals surface area contributed by atoms with E-state index in [-0.39, 0.29) is 0 Å². The molecule has 2 unspecified atom stereocenters. The first-order valence-electron chi connectivity index (χ1n) is 6.52. The van der Waals surface area contributed by atoms with Gasteiger partial charge >= 0.3 is 12.1 Å². The molecule has 1 saturated heterocycles. The summed E-state index contributed by atoms with van der Waals surface area (Å²) >= 11 is 0. The molecule has 0 aromatic carbocycles. The van der Waals surface area contributed by atoms with Crippen molar-refractivity contribution in [2.45, 2.75) is 57.7 Å². The second-order valence-corrected chi connectivity index (χ2v) is 5.88. The highest BCUT2D eigenvalue weighted by Gasteiger charge is 2.52. The van der Waals surface area contributed by atoms with Crippen molar-refractivity contribution < 1.29 is 19.1 Å². The van der Waals surface area contributed by atoms with Crippen LogP contribution in [0.4, 0.5) is 4.79 Å². The summed E-state index contributed by atoms with van der Waals surface area (Å²) in [5.41, 5.74) is 4.43. The van der Waals surface area contributed by atoms with Crippen molar-refractivity contribution in [1.29, 1.82) is 0 Å². The average molecular weight is 272 g/mol. The molecule has 1 aliphatic rings. The van der Waals surface area contributed by atoms with E-state index in [1.165, 1.54) is 12.0 Å². The molecule has 2 atom stereocenters. The van der Waals surface area contributed by atoms with E-state index in [1.54, 1.807) is 20.8 Å². The predicted molar refractivity (Wildman–Crippen MR) is 70.6 cm³/mol. The van der Waals surface area contributed by atoms with Crippen molar-refractivity contribution in [3.63, 3.8) is 0 Å². The number of rotatable bonds is 2. The summed E-state index contributed by atoms with van der Waals surface area (Å²) in [5, 5.41) is 0. The Bertz CT molecular complexity index is 364. The number of nitrogens with zero attached hydrogens (tertiary/aromatic N) is 1. The van der Waals surface area contributed by atoms with Crippen molar-refractivity contribution in [2.75, 3.05) is 13.7 Å². The summed E-state index contributed by atoms with van der Waals surface area (Å²) < 4.78 is 10.1. The van der Waals surface area contributed by atoms with E-state index in [4.69, 9.17) is 15.2 Å². The first-order chi connectivity index (χ1) is 8.65. The Morgan fingerprint density at radius 2 is 2.00 bits per heavy atom. The number of amides is 1. The molecule has 0 radical (unpaired) electrons. The van der Waals surface area contributed by atoms with Crippen LogP contribution in [-0.2, 0) is 14.3 Å². The van der Waals surface area contributed by atoms with E-state index in [0.29, 0.717) is 19.4 Å². The van der Waals surface area contributed by atoms with Crippen LogP contribution in [0.5, 0.6) is 0 Å². The molecule has 1 fully saturated rings. The molecule has 1 aliphatic heterocycles. The van der Waals surface area contributed by atoms with Gasteiger partial charge in [-0.15, -0.1) is 0 Å². The van der Waals surface area contributed by atoms with Gasteiger partial charge in [0.15, 0.2) is 0 Å². The van der Waals surface area contributed by atoms with E-state index >= 15 is 0 Å². The van der Waals surface area contributed by atoms with E-state index in [1.807, 2.05) is 6.92 Å². The molecule has 19 heavy (non-hydrogen) atoms. The van der Waals surface area contributed by atoms with Gasteiger partial charge in [0.05, 0.1) is 13.2 Å². The largest absolute Gasteiger partial charge is 0.468 e. The average Bonchev–Trinajstić information content (AvgIpc) is 2.64. The molecule has 2 N–H and O–H groups in total. The molecule has 0 spiro atoms. The van der Waals surface area contributed by atoms with Gasteiger partial charge in [0, 0.05) is 6.54 Å². The minimum Gasteiger partial charge on any atom is -0.468 e. The lowest BCUT2D eigenvalue weighted by Gasteiger charge is -2.33. The Balaban J connectivity index is 2.89. The lowest BCUT2D eigenvalue weighted by molar-refractivity contribution is -0.148. The second kappa shape index (κ2) is 5.36. The number of carbonyl (C=O) groups excluding carboxylic acids is 2. The number of likely N-dealkylation sites (tertiary alicyclic amines) is 1. The number of carbonyl (C=O) groups is 2. The Hall–Kier alpha value is -1.30. The molecule has 1 amide bonds. The first kappa shape index (κ1) is 15.8. The normalized spacial score (nSPS) is 27.3. The highest BCUT2D eigenvalue weighted by atomic mass is 16.6. The van der Waals surface area contributed by atoms with Crippen LogP contribution in [0.15, 0.2) is 0 Å². The minimum atomic E-state index is -1.14. The lowest BCUT2D eigenvalue weighted by Crippen LogP contribution is -2.58. The third-order valence-electron chi connectivity index (χ3n) is 3.32. The SMILES string of the molecule is CCC1N(C(=O)OC(C)(C)C)CCC1(N)C(=O)OC. The van der Waals surface area contributed by atoms with E-state index in [9.17, 15) is 9.59 Å². The molecule has 0 aromatic rings. The van der Waals surface area contributed by atoms with Crippen LogP contribution < -0.4 is 5.73 Å². The fourth-order valence-electron chi connectivity index (χ4n) is 2.46. The van der Waals surface area contributed by atoms with Crippen LogP contribution in [0.25, 0.3) is 0 Å². The van der Waals surface area contributed by atoms with Gasteiger partial charge in [-0.1, -0.05) is 6.92 Å². The van der Waals surface area contributed by atoms with Gasteiger partial charge in [0.25, 0.3) is 0 Å². The second-order valence-electron chi connectivity index (χ2n) is 5.88. The van der Waals surface area contributed by atoms with Crippen molar-refractivity contribution >= 4 is 12.1 Å². The summed E-state index contributed by atoms with van der Waals surface area (Å²) in [5.74, 6) is -0.481. The van der Waals surface area contributed by atoms with Gasteiger partial charge in [-0.25, -0.2) is 9.59 Å². The van der Waals surface area contributed by atoms with Gasteiger partial charge in [-0.2, -0.15) is 0 Å². The zero-order valence-corrected chi connectivity index (χ0v) is 12.4. The highest BCUT2D eigenvalue weighted by molar-refractivity contribution is 5.84. The van der Waals surface area contributed by atoms with Crippen LogP contribution in [0, 0.1) is 0 Å². The molecule has 6 nitrogen and oxygen atoms in total. The van der Waals surface area contributed by atoms with Crippen LogP contribution in [0.2, 0.25) is 0 Å². The zero-order valence-electron chi connectivity index (χ0n) is 12.4. The number of nitrogens with two attached hydrogens (primary N) is 1. The Morgan fingerprint density at radius 3 is 2.42 bits per heavy atom. The minimum absolute atomic E-state index is 0.386. The molecular weight excluding hydrogens is 248 g/mol. The lowest BCUT2D eigenvalue weighted by atomic mass is 9.90. The van der Waals surface area contributed by atoms with Gasteiger partial charge in [-0.05, 0) is 33.6 Å². The molecule has 0 bridgehead atoms. The molecule has 110 valence electrons. The van der Waals surface area contributed by atoms with Crippen LogP contribution in [0.1, 0.15) is 40.5 Å². The number of methoxy groups -OCH3 is 1. The number of hydrogen-bond acceptors (Lipinski definition) is 5. The monoisotopic (exact) mass is 272 g/mol. The molecular formula is C13H24N2O4. The molecule has 6 heteroatoms. The van der Waals surface area contributed by atoms with Gasteiger partial charge < -0.3 is 20.1 Å². The smallest absolute Gasteiger partial charge is 0.410 e. The number of esters is 1. The van der Waals surface area contributed by atoms with Crippen LogP contribution >= 0.6 is 0 Å². The summed E-state index contributed by atoms with van der Waals surface area (Å²) in [7, 11) is 1.31. The fraction of sp³-hybridized carbons (Fsp3) is 0.846. The van der Waals surface area contributed by atoms with Crippen LogP contribution in [-0.4, -0.2) is 47.8 Å². The molecule has 0 saturated carbocycles. The first-order valence-corrected chi connectivity index (χ1v) is 6.52. The third-order valence-corrected chi connectivity index (χ3v) is 3.32. The summed E-state index contributed by atoms with van der Waals surface area (Å²) in [4.78, 5) is 25.5. The topological polar surface area (TPSA) is 81.9 Å². The zero-order chi connectivity index (χ0) is 14.8. The fourth-order valence-corrected chi connectivity index (χ4v) is 2.46. The highest BCUT2D eigenvalue weighted by Crippen LogP contribution is 2.31. The molecule has 1 heterocycles. The Kier molecular flexibility index (Phi) is 4.45. The maximum absolute atomic E-state index is 12.1. The Morgan fingerprint density at radius 1 is 1.42 bits per heavy atom. The Labute approximate surface area is 114 Å². The molecule has 1 rings (SSSR count).